The highest BCUT2D eigenvalue weighted by molar-refractivity contribution is 6.70. The minimum atomic E-state index is -0.529. The molecule has 2 nitrogen and oxygen atoms in total. The van der Waals surface area contributed by atoms with Gasteiger partial charge in [0, 0.05) is 0 Å². The zero-order chi connectivity index (χ0) is 15.0. The number of hydrogen-bond acceptors (Lipinski definition) is 2. The molecule has 0 saturated heterocycles. The van der Waals surface area contributed by atoms with Crippen LogP contribution in [0.5, 0.6) is 0 Å². The third-order valence-electron chi connectivity index (χ3n) is 3.43. The number of hydrogen-bond donors (Lipinski definition) is 0. The fraction of sp³-hybridized carbons (Fsp3) is 0.412. The molecule has 20 heavy (non-hydrogen) atoms. The number of ether oxygens (including phenoxy) is 2. The molecule has 0 heterocycles. The van der Waals surface area contributed by atoms with Crippen molar-refractivity contribution in [2.45, 2.75) is 26.4 Å². The van der Waals surface area contributed by atoms with Crippen molar-refractivity contribution in [1.29, 1.82) is 0 Å². The number of allylic oxidation sites excluding steroid dienone is 2. The first-order chi connectivity index (χ1) is 9.60. The quantitative estimate of drug-likeness (QED) is 0.794. The Balaban J connectivity index is 0.000000204. The van der Waals surface area contributed by atoms with Gasteiger partial charge in [-0.25, -0.2) is 0 Å². The van der Waals surface area contributed by atoms with Crippen LogP contribution < -0.4 is 5.19 Å². The summed E-state index contributed by atoms with van der Waals surface area (Å²) in [6.45, 7) is 6.76. The van der Waals surface area contributed by atoms with E-state index in [9.17, 15) is 0 Å². The van der Waals surface area contributed by atoms with Gasteiger partial charge in [-0.3, -0.25) is 0 Å². The van der Waals surface area contributed by atoms with E-state index in [1.807, 2.05) is 0 Å². The lowest BCUT2D eigenvalue weighted by atomic mass is 10.0. The van der Waals surface area contributed by atoms with E-state index in [2.05, 4.69) is 62.5 Å². The van der Waals surface area contributed by atoms with Crippen molar-refractivity contribution < 1.29 is 9.47 Å². The Morgan fingerprint density at radius 3 is 1.80 bits per heavy atom. The molecule has 0 aromatic heterocycles. The summed E-state index contributed by atoms with van der Waals surface area (Å²) in [4.78, 5) is 0. The van der Waals surface area contributed by atoms with Gasteiger partial charge < -0.3 is 9.47 Å². The highest BCUT2D eigenvalue weighted by Gasteiger charge is 2.17. The Morgan fingerprint density at radius 2 is 1.45 bits per heavy atom. The molecule has 0 spiro atoms. The lowest BCUT2D eigenvalue weighted by Crippen LogP contribution is -2.21. The molecule has 110 valence electrons. The van der Waals surface area contributed by atoms with Crippen LogP contribution in [0, 0.1) is 5.92 Å². The second-order valence-electron chi connectivity index (χ2n) is 5.14. The molecule has 2 rings (SSSR count). The molecule has 0 amide bonds. The largest absolute Gasteiger partial charge is 0.501 e. The molecule has 0 atom stereocenters. The second kappa shape index (κ2) is 8.64. The van der Waals surface area contributed by atoms with E-state index in [0.717, 1.165) is 17.9 Å². The third kappa shape index (κ3) is 4.89. The van der Waals surface area contributed by atoms with Gasteiger partial charge in [-0.15, -0.1) is 0 Å². The minimum Gasteiger partial charge on any atom is -0.501 e. The van der Waals surface area contributed by atoms with Crippen LogP contribution in [0.25, 0.3) is 0 Å². The van der Waals surface area contributed by atoms with Crippen molar-refractivity contribution in [3.63, 3.8) is 0 Å². The molecule has 0 unspecified atom stereocenters. The van der Waals surface area contributed by atoms with Crippen molar-refractivity contribution in [3.05, 3.63) is 54.0 Å². The van der Waals surface area contributed by atoms with Crippen LogP contribution in [0.15, 0.2) is 54.0 Å². The van der Waals surface area contributed by atoms with E-state index in [1.165, 1.54) is 0 Å². The lowest BCUT2D eigenvalue weighted by molar-refractivity contribution is 0.196. The first-order valence-corrected chi connectivity index (χ1v) is 10.0. The molecule has 1 aliphatic rings. The lowest BCUT2D eigenvalue weighted by Gasteiger charge is -2.20. The SMILES string of the molecule is COC1=CCC=C(OC)C1C.C[SiH](C)c1ccccc1. The fourth-order valence-corrected chi connectivity index (χ4v) is 3.14. The van der Waals surface area contributed by atoms with Gasteiger partial charge in [0.1, 0.15) is 11.5 Å². The van der Waals surface area contributed by atoms with Crippen LogP contribution in [-0.4, -0.2) is 23.0 Å². The summed E-state index contributed by atoms with van der Waals surface area (Å²) in [6, 6.07) is 10.7. The van der Waals surface area contributed by atoms with E-state index in [4.69, 9.17) is 9.47 Å². The average molecular weight is 290 g/mol. The summed E-state index contributed by atoms with van der Waals surface area (Å²) in [5.41, 5.74) is 0. The van der Waals surface area contributed by atoms with Crippen LogP contribution >= 0.6 is 0 Å². The summed E-state index contributed by atoms with van der Waals surface area (Å²) < 4.78 is 10.4. The van der Waals surface area contributed by atoms with Gasteiger partial charge in [-0.05, 0) is 25.5 Å². The van der Waals surface area contributed by atoms with E-state index >= 15 is 0 Å². The van der Waals surface area contributed by atoms with Crippen LogP contribution in [0.2, 0.25) is 13.1 Å². The average Bonchev–Trinajstić information content (AvgIpc) is 2.49. The van der Waals surface area contributed by atoms with Gasteiger partial charge in [0.2, 0.25) is 0 Å². The molecule has 0 N–H and O–H groups in total. The minimum absolute atomic E-state index is 0.277. The van der Waals surface area contributed by atoms with Crippen molar-refractivity contribution in [2.75, 3.05) is 14.2 Å². The van der Waals surface area contributed by atoms with Gasteiger partial charge in [0.05, 0.1) is 28.9 Å². The first-order valence-electron chi connectivity index (χ1n) is 7.13. The molecule has 1 aliphatic carbocycles. The van der Waals surface area contributed by atoms with Crippen molar-refractivity contribution >= 4 is 14.0 Å². The summed E-state index contributed by atoms with van der Waals surface area (Å²) in [5.74, 6) is 2.28. The second-order valence-corrected chi connectivity index (χ2v) is 8.12. The van der Waals surface area contributed by atoms with Crippen LogP contribution in [0.4, 0.5) is 0 Å². The smallest absolute Gasteiger partial charge is 0.102 e. The summed E-state index contributed by atoms with van der Waals surface area (Å²) >= 11 is 0. The predicted octanol–water partition coefficient (Wildman–Crippen LogP) is 3.47. The molecule has 0 radical (unpaired) electrons. The molecule has 0 saturated carbocycles. The van der Waals surface area contributed by atoms with Gasteiger partial charge in [-0.1, -0.05) is 48.6 Å². The Labute approximate surface area is 124 Å². The highest BCUT2D eigenvalue weighted by Crippen LogP contribution is 2.25. The Morgan fingerprint density at radius 1 is 0.950 bits per heavy atom. The third-order valence-corrected chi connectivity index (χ3v) is 5.15. The van der Waals surface area contributed by atoms with E-state index < -0.39 is 8.80 Å². The molecule has 0 aliphatic heterocycles. The van der Waals surface area contributed by atoms with Gasteiger partial charge >= 0.3 is 0 Å². The fourth-order valence-electron chi connectivity index (χ4n) is 2.14. The summed E-state index contributed by atoms with van der Waals surface area (Å²) in [7, 11) is 2.86. The highest BCUT2D eigenvalue weighted by atomic mass is 28.3. The molecule has 1 aromatic rings. The number of methoxy groups -OCH3 is 2. The van der Waals surface area contributed by atoms with Crippen molar-refractivity contribution in [2.24, 2.45) is 5.92 Å². The molecular weight excluding hydrogens is 264 g/mol. The van der Waals surface area contributed by atoms with Crippen LogP contribution in [0.3, 0.4) is 0 Å². The summed E-state index contributed by atoms with van der Waals surface area (Å²) in [5, 5.41) is 1.55. The van der Waals surface area contributed by atoms with Crippen molar-refractivity contribution in [1.82, 2.24) is 0 Å². The van der Waals surface area contributed by atoms with E-state index in [-0.39, 0.29) is 5.92 Å². The standard InChI is InChI=1S/C9H14O2.C8H12Si/c1-7-8(10-2)5-4-6-9(7)11-3;1-9(2)8-6-4-3-5-7-8/h5-7H,4H2,1-3H3;3-7,9H,1-2H3. The van der Waals surface area contributed by atoms with Gasteiger partial charge in [-0.2, -0.15) is 0 Å². The molecular formula is C17H26O2Si. The topological polar surface area (TPSA) is 18.5 Å². The summed E-state index contributed by atoms with van der Waals surface area (Å²) in [6.07, 6.45) is 5.07. The van der Waals surface area contributed by atoms with Crippen molar-refractivity contribution in [3.8, 4) is 0 Å². The maximum Gasteiger partial charge on any atom is 0.102 e. The number of rotatable bonds is 3. The van der Waals surface area contributed by atoms with Gasteiger partial charge in [0.25, 0.3) is 0 Å². The van der Waals surface area contributed by atoms with E-state index in [1.54, 1.807) is 19.4 Å². The van der Waals surface area contributed by atoms with Crippen LogP contribution in [-0.2, 0) is 9.47 Å². The molecule has 0 fully saturated rings. The van der Waals surface area contributed by atoms with E-state index in [0.29, 0.717) is 0 Å². The zero-order valence-electron chi connectivity index (χ0n) is 13.2. The Hall–Kier alpha value is -1.48. The van der Waals surface area contributed by atoms with Gasteiger partial charge in [0.15, 0.2) is 0 Å². The van der Waals surface area contributed by atoms with Crippen LogP contribution in [0.1, 0.15) is 13.3 Å². The molecule has 0 bridgehead atoms. The number of benzene rings is 1. The monoisotopic (exact) mass is 290 g/mol. The zero-order valence-corrected chi connectivity index (χ0v) is 14.4. The predicted molar refractivity (Wildman–Crippen MR) is 88.9 cm³/mol. The maximum atomic E-state index is 5.18. The maximum absolute atomic E-state index is 5.18. The Bertz CT molecular complexity index is 429. The molecule has 1 aromatic carbocycles. The molecule has 3 heteroatoms. The first kappa shape index (κ1) is 16.6. The normalized spacial score (nSPS) is 14.9. The Kier molecular flexibility index (Phi) is 7.16.